The second-order valence-electron chi connectivity index (χ2n) is 7.70. The Balaban J connectivity index is 1.98. The number of hydrogen-bond acceptors (Lipinski definition) is 3. The number of carbonyl (C=O) groups excluding carboxylic acids is 2. The molecule has 1 rings (SSSR count). The molecule has 1 aromatic rings. The number of esters is 2. The zero-order chi connectivity index (χ0) is 22.0. The number of benzene rings is 1. The molecule has 0 aromatic heterocycles. The minimum atomic E-state index is -0.750. The lowest BCUT2D eigenvalue weighted by Gasteiger charge is -2.05. The van der Waals surface area contributed by atoms with E-state index in [1.54, 1.807) is 12.1 Å². The van der Waals surface area contributed by atoms with Crippen LogP contribution in [0.3, 0.4) is 0 Å². The van der Waals surface area contributed by atoms with E-state index < -0.39 is 11.9 Å². The molecule has 0 atom stereocenters. The number of carbonyl (C=O) groups is 2. The third-order valence-corrected chi connectivity index (χ3v) is 5.84. The molecule has 3 nitrogen and oxygen atoms in total. The first kappa shape index (κ1) is 26.7. The first-order valence-electron chi connectivity index (χ1n) is 11.4. The quantitative estimate of drug-likeness (QED) is 0.108. The lowest BCUT2D eigenvalue weighted by molar-refractivity contribution is -0.138. The van der Waals surface area contributed by atoms with E-state index in [0.29, 0.717) is 0 Å². The average molecular weight is 455 g/mol. The Labute approximate surface area is 192 Å². The number of hydrogen-bond donors (Lipinski definition) is 0. The first-order chi connectivity index (χ1) is 14.6. The normalized spacial score (nSPS) is 11.2. The summed E-state index contributed by atoms with van der Waals surface area (Å²) in [5.41, 5.74) is 0.113. The predicted molar refractivity (Wildman–Crippen MR) is 126 cm³/mol. The standard InChI is InChI=1S/C25H36Cl2O3/c1-2-3-4-5-6-7-8-9-10-11-12-13-14-15-16-20-23(28)30-25(29)21-18-17-19-22(26)24(21)27/h9-10,17-19H,2-8,11-16,20H2,1H3/b10-9-. The summed E-state index contributed by atoms with van der Waals surface area (Å²) in [6, 6.07) is 4.67. The summed E-state index contributed by atoms with van der Waals surface area (Å²) in [7, 11) is 0. The fourth-order valence-electron chi connectivity index (χ4n) is 3.21. The third-order valence-electron chi connectivity index (χ3n) is 5.02. The van der Waals surface area contributed by atoms with Gasteiger partial charge < -0.3 is 4.74 Å². The minimum absolute atomic E-state index is 0.109. The van der Waals surface area contributed by atoms with Crippen molar-refractivity contribution in [1.82, 2.24) is 0 Å². The van der Waals surface area contributed by atoms with Crippen LogP contribution in [0.2, 0.25) is 10.0 Å². The van der Waals surface area contributed by atoms with Gasteiger partial charge in [-0.15, -0.1) is 0 Å². The maximum absolute atomic E-state index is 12.0. The monoisotopic (exact) mass is 454 g/mol. The van der Waals surface area contributed by atoms with Crippen molar-refractivity contribution in [3.8, 4) is 0 Å². The van der Waals surface area contributed by atoms with Crippen LogP contribution in [0.25, 0.3) is 0 Å². The number of ether oxygens (including phenoxy) is 1. The largest absolute Gasteiger partial charge is 0.389 e. The molecule has 0 heterocycles. The van der Waals surface area contributed by atoms with E-state index in [1.165, 1.54) is 57.4 Å². The highest BCUT2D eigenvalue weighted by Gasteiger charge is 2.17. The van der Waals surface area contributed by atoms with E-state index in [9.17, 15) is 9.59 Å². The summed E-state index contributed by atoms with van der Waals surface area (Å²) in [6.07, 6.45) is 20.4. The lowest BCUT2D eigenvalue weighted by atomic mass is 10.1. The van der Waals surface area contributed by atoms with E-state index >= 15 is 0 Å². The van der Waals surface area contributed by atoms with Gasteiger partial charge in [-0.3, -0.25) is 4.79 Å². The Morgan fingerprint density at radius 1 is 0.833 bits per heavy atom. The molecule has 0 fully saturated rings. The van der Waals surface area contributed by atoms with Crippen LogP contribution >= 0.6 is 23.2 Å². The van der Waals surface area contributed by atoms with Crippen molar-refractivity contribution in [2.45, 2.75) is 96.8 Å². The molecule has 0 amide bonds. The second kappa shape index (κ2) is 17.4. The number of allylic oxidation sites excluding steroid dienone is 2. The van der Waals surface area contributed by atoms with E-state index in [4.69, 9.17) is 27.9 Å². The Bertz CT molecular complexity index is 656. The van der Waals surface area contributed by atoms with Crippen molar-refractivity contribution in [1.29, 1.82) is 0 Å². The van der Waals surface area contributed by atoms with E-state index in [1.807, 2.05) is 0 Å². The topological polar surface area (TPSA) is 43.4 Å². The van der Waals surface area contributed by atoms with Crippen LogP contribution in [0.5, 0.6) is 0 Å². The summed E-state index contributed by atoms with van der Waals surface area (Å²) in [4.78, 5) is 23.8. The zero-order valence-corrected chi connectivity index (χ0v) is 19.8. The fourth-order valence-corrected chi connectivity index (χ4v) is 3.59. The summed E-state index contributed by atoms with van der Waals surface area (Å²) in [5, 5.41) is 0.369. The van der Waals surface area contributed by atoms with E-state index in [2.05, 4.69) is 19.1 Å². The molecule has 0 N–H and O–H groups in total. The van der Waals surface area contributed by atoms with Crippen LogP contribution in [0.4, 0.5) is 0 Å². The SMILES string of the molecule is CCCCCCCC/C=C\CCCCCCCC(=O)OC(=O)c1cccc(Cl)c1Cl. The van der Waals surface area contributed by atoms with Crippen molar-refractivity contribution in [2.75, 3.05) is 0 Å². The van der Waals surface area contributed by atoms with Gasteiger partial charge in [-0.1, -0.05) is 99.7 Å². The smallest absolute Gasteiger partial charge is 0.347 e. The highest BCUT2D eigenvalue weighted by atomic mass is 35.5. The molecule has 1 aromatic carbocycles. The van der Waals surface area contributed by atoms with Crippen LogP contribution in [0, 0.1) is 0 Å². The number of rotatable bonds is 16. The zero-order valence-electron chi connectivity index (χ0n) is 18.3. The van der Waals surface area contributed by atoms with Gasteiger partial charge in [0.15, 0.2) is 0 Å². The molecule has 0 bridgehead atoms. The third kappa shape index (κ3) is 12.4. The molecule has 30 heavy (non-hydrogen) atoms. The fraction of sp³-hybridized carbons (Fsp3) is 0.600. The molecule has 0 saturated heterocycles. The van der Waals surface area contributed by atoms with Gasteiger partial charge in [-0.2, -0.15) is 0 Å². The predicted octanol–water partition coefficient (Wildman–Crippen LogP) is 8.71. The summed E-state index contributed by atoms with van der Waals surface area (Å²) in [6.45, 7) is 2.25. The van der Waals surface area contributed by atoms with Gasteiger partial charge in [0.2, 0.25) is 0 Å². The van der Waals surface area contributed by atoms with Crippen molar-refractivity contribution in [3.63, 3.8) is 0 Å². The Kier molecular flexibility index (Phi) is 15.5. The molecule has 0 aliphatic carbocycles. The highest BCUT2D eigenvalue weighted by molar-refractivity contribution is 6.43. The molecule has 5 heteroatoms. The number of halogens is 2. The Morgan fingerprint density at radius 3 is 2.03 bits per heavy atom. The van der Waals surface area contributed by atoms with Crippen LogP contribution < -0.4 is 0 Å². The molecule has 0 spiro atoms. The molecular weight excluding hydrogens is 419 g/mol. The molecule has 0 aliphatic rings. The summed E-state index contributed by atoms with van der Waals surface area (Å²) < 4.78 is 4.86. The molecule has 168 valence electrons. The van der Waals surface area contributed by atoms with E-state index in [-0.39, 0.29) is 22.0 Å². The molecular formula is C25H36Cl2O3. The maximum Gasteiger partial charge on any atom is 0.347 e. The molecule has 0 radical (unpaired) electrons. The van der Waals surface area contributed by atoms with Gasteiger partial charge >= 0.3 is 11.9 Å². The molecule has 0 aliphatic heterocycles. The van der Waals surface area contributed by atoms with Crippen molar-refractivity contribution in [2.24, 2.45) is 0 Å². The second-order valence-corrected chi connectivity index (χ2v) is 8.48. The molecule has 0 unspecified atom stereocenters. The van der Waals surface area contributed by atoms with Gasteiger partial charge in [0.25, 0.3) is 0 Å². The summed E-state index contributed by atoms with van der Waals surface area (Å²) in [5.74, 6) is -1.27. The minimum Gasteiger partial charge on any atom is -0.389 e. The van der Waals surface area contributed by atoms with Crippen LogP contribution in [0.15, 0.2) is 30.4 Å². The molecule has 0 saturated carbocycles. The average Bonchev–Trinajstić information content (AvgIpc) is 2.72. The van der Waals surface area contributed by atoms with Crippen molar-refractivity contribution >= 4 is 35.1 Å². The first-order valence-corrected chi connectivity index (χ1v) is 12.2. The van der Waals surface area contributed by atoms with E-state index in [0.717, 1.165) is 32.1 Å². The van der Waals surface area contributed by atoms with Gasteiger partial charge in [-0.25, -0.2) is 4.79 Å². The van der Waals surface area contributed by atoms with Gasteiger partial charge in [0.05, 0.1) is 15.6 Å². The van der Waals surface area contributed by atoms with Crippen LogP contribution in [-0.2, 0) is 9.53 Å². The Hall–Kier alpha value is -1.32. The van der Waals surface area contributed by atoms with Crippen LogP contribution in [-0.4, -0.2) is 11.9 Å². The van der Waals surface area contributed by atoms with Gasteiger partial charge in [-0.05, 0) is 44.2 Å². The number of unbranched alkanes of at least 4 members (excludes halogenated alkanes) is 11. The van der Waals surface area contributed by atoms with Crippen molar-refractivity contribution in [3.05, 3.63) is 46.0 Å². The highest BCUT2D eigenvalue weighted by Crippen LogP contribution is 2.26. The lowest BCUT2D eigenvalue weighted by Crippen LogP contribution is -2.12. The van der Waals surface area contributed by atoms with Crippen LogP contribution in [0.1, 0.15) is 107 Å². The Morgan fingerprint density at radius 2 is 1.40 bits per heavy atom. The van der Waals surface area contributed by atoms with Gasteiger partial charge in [0, 0.05) is 6.42 Å². The maximum atomic E-state index is 12.0. The van der Waals surface area contributed by atoms with Crippen molar-refractivity contribution < 1.29 is 14.3 Å². The van der Waals surface area contributed by atoms with Gasteiger partial charge in [0.1, 0.15) is 0 Å². The summed E-state index contributed by atoms with van der Waals surface area (Å²) >= 11 is 11.8.